The van der Waals surface area contributed by atoms with Gasteiger partial charge in [0, 0.05) is 6.54 Å². The molecule has 0 fully saturated rings. The summed E-state index contributed by atoms with van der Waals surface area (Å²) in [5.74, 6) is 0. The predicted octanol–water partition coefficient (Wildman–Crippen LogP) is 0.793. The molecule has 0 rings (SSSR count). The minimum absolute atomic E-state index is 0.208. The van der Waals surface area contributed by atoms with Crippen molar-refractivity contribution in [2.75, 3.05) is 13.2 Å². The first-order valence-corrected chi connectivity index (χ1v) is 2.51. The molecule has 3 N–H and O–H groups in total. The summed E-state index contributed by atoms with van der Waals surface area (Å²) in [4.78, 5) is 3.57. The van der Waals surface area contributed by atoms with Gasteiger partial charge in [-0.05, 0) is 0 Å². The number of rotatable bonds is 3. The Hall–Kier alpha value is -0.640. The Bertz CT molecular complexity index is 64.1. The van der Waals surface area contributed by atoms with Crippen LogP contribution >= 0.6 is 0 Å². The van der Waals surface area contributed by atoms with Crippen molar-refractivity contribution in [3.63, 3.8) is 0 Å². The summed E-state index contributed by atoms with van der Waals surface area (Å²) in [5.41, 5.74) is 4.91. The van der Waals surface area contributed by atoms with Crippen molar-refractivity contribution in [2.24, 2.45) is 5.73 Å². The molecule has 0 radical (unpaired) electrons. The zero-order valence-electron chi connectivity index (χ0n) is 5.42. The summed E-state index contributed by atoms with van der Waals surface area (Å²) in [6, 6.07) is 0. The highest BCUT2D eigenvalue weighted by atomic mass is 17.1. The Kier molecular flexibility index (Phi) is 19.5. The number of hydrogen-bond acceptors (Lipinski definition) is 3. The summed E-state index contributed by atoms with van der Waals surface area (Å²) < 4.78 is 0. The molecule has 0 heterocycles. The van der Waals surface area contributed by atoms with Gasteiger partial charge in [0.1, 0.15) is 0 Å². The van der Waals surface area contributed by atoms with Crippen LogP contribution in [0.4, 0.5) is 0 Å². The largest absolute Gasteiger partial charge is 0.327 e. The topological polar surface area (TPSA) is 55.5 Å². The molecule has 0 aromatic rings. The lowest BCUT2D eigenvalue weighted by Crippen LogP contribution is -1.90. The van der Waals surface area contributed by atoms with E-state index < -0.39 is 0 Å². The number of nitrogens with two attached hydrogens (primary N) is 1. The van der Waals surface area contributed by atoms with Gasteiger partial charge in [-0.2, -0.15) is 0 Å². The smallest absolute Gasteiger partial charge is 0.0998 e. The van der Waals surface area contributed by atoms with Crippen LogP contribution in [0.25, 0.3) is 0 Å². The third-order valence-electron chi connectivity index (χ3n) is 0.359. The third-order valence-corrected chi connectivity index (χ3v) is 0.359. The molecule has 0 amide bonds. The Morgan fingerprint density at radius 2 is 1.89 bits per heavy atom. The standard InChI is InChI=1S/C3H7N.C3H6O2/c1-2-3-4;1-2-3-5-4/h2H,1,3-4H2;2,4H,1,3H2. The molecule has 9 heavy (non-hydrogen) atoms. The Morgan fingerprint density at radius 3 is 1.89 bits per heavy atom. The van der Waals surface area contributed by atoms with Crippen LogP contribution < -0.4 is 5.73 Å². The lowest BCUT2D eigenvalue weighted by molar-refractivity contribution is -0.231. The summed E-state index contributed by atoms with van der Waals surface area (Å²) >= 11 is 0. The van der Waals surface area contributed by atoms with Crippen LogP contribution in [0.5, 0.6) is 0 Å². The van der Waals surface area contributed by atoms with E-state index in [0.29, 0.717) is 6.54 Å². The van der Waals surface area contributed by atoms with Crippen molar-refractivity contribution in [3.05, 3.63) is 25.3 Å². The lowest BCUT2D eigenvalue weighted by atomic mass is 10.7. The van der Waals surface area contributed by atoms with E-state index in [0.717, 1.165) is 0 Å². The van der Waals surface area contributed by atoms with E-state index in [2.05, 4.69) is 18.0 Å². The van der Waals surface area contributed by atoms with Gasteiger partial charge in [-0.15, -0.1) is 13.2 Å². The zero-order valence-corrected chi connectivity index (χ0v) is 5.42. The molecule has 0 aromatic heterocycles. The molecular weight excluding hydrogens is 118 g/mol. The fraction of sp³-hybridized carbons (Fsp3) is 0.333. The predicted molar refractivity (Wildman–Crippen MR) is 38.0 cm³/mol. The Morgan fingerprint density at radius 1 is 1.44 bits per heavy atom. The van der Waals surface area contributed by atoms with Crippen molar-refractivity contribution in [2.45, 2.75) is 0 Å². The fourth-order valence-corrected chi connectivity index (χ4v) is 0.0527. The maximum Gasteiger partial charge on any atom is 0.0998 e. The van der Waals surface area contributed by atoms with E-state index in [1.54, 1.807) is 6.08 Å². The molecule has 54 valence electrons. The first-order chi connectivity index (χ1) is 4.33. The van der Waals surface area contributed by atoms with E-state index >= 15 is 0 Å². The minimum atomic E-state index is 0.208. The van der Waals surface area contributed by atoms with E-state index in [9.17, 15) is 0 Å². The third kappa shape index (κ3) is 38.0. The summed E-state index contributed by atoms with van der Waals surface area (Å²) in [7, 11) is 0. The molecule has 0 aliphatic heterocycles. The highest BCUT2D eigenvalue weighted by Gasteiger charge is 1.60. The average Bonchev–Trinajstić information content (AvgIpc) is 1.91. The van der Waals surface area contributed by atoms with Crippen LogP contribution in [0.2, 0.25) is 0 Å². The van der Waals surface area contributed by atoms with Crippen LogP contribution in [-0.4, -0.2) is 18.4 Å². The summed E-state index contributed by atoms with van der Waals surface area (Å²) in [5, 5.41) is 7.50. The lowest BCUT2D eigenvalue weighted by Gasteiger charge is -1.76. The van der Waals surface area contributed by atoms with Gasteiger partial charge in [-0.25, -0.2) is 4.89 Å². The van der Waals surface area contributed by atoms with Crippen molar-refractivity contribution < 1.29 is 10.1 Å². The zero-order chi connectivity index (χ0) is 7.54. The molecule has 0 bridgehead atoms. The average molecular weight is 131 g/mol. The van der Waals surface area contributed by atoms with Gasteiger partial charge in [-0.3, -0.25) is 5.26 Å². The molecular formula is C6H13NO2. The maximum atomic E-state index is 7.50. The molecule has 0 aromatic carbocycles. The van der Waals surface area contributed by atoms with Crippen LogP contribution in [0.3, 0.4) is 0 Å². The second-order valence-electron chi connectivity index (χ2n) is 1.11. The van der Waals surface area contributed by atoms with Crippen molar-refractivity contribution >= 4 is 0 Å². The highest BCUT2D eigenvalue weighted by Crippen LogP contribution is 1.60. The second kappa shape index (κ2) is 15.7. The molecule has 0 saturated heterocycles. The summed E-state index contributed by atoms with van der Waals surface area (Å²) in [6.45, 7) is 7.41. The van der Waals surface area contributed by atoms with Crippen molar-refractivity contribution in [1.82, 2.24) is 0 Å². The van der Waals surface area contributed by atoms with E-state index in [1.807, 2.05) is 0 Å². The second-order valence-corrected chi connectivity index (χ2v) is 1.11. The Balaban J connectivity index is 0. The monoisotopic (exact) mass is 131 g/mol. The van der Waals surface area contributed by atoms with Crippen LogP contribution in [0.1, 0.15) is 0 Å². The van der Waals surface area contributed by atoms with Crippen molar-refractivity contribution in [3.8, 4) is 0 Å². The van der Waals surface area contributed by atoms with Gasteiger partial charge in [-0.1, -0.05) is 12.2 Å². The highest BCUT2D eigenvalue weighted by molar-refractivity contribution is 4.64. The van der Waals surface area contributed by atoms with E-state index in [-0.39, 0.29) is 6.61 Å². The van der Waals surface area contributed by atoms with Gasteiger partial charge >= 0.3 is 0 Å². The summed E-state index contributed by atoms with van der Waals surface area (Å²) in [6.07, 6.45) is 3.11. The van der Waals surface area contributed by atoms with Crippen molar-refractivity contribution in [1.29, 1.82) is 0 Å². The van der Waals surface area contributed by atoms with Gasteiger partial charge in [0.15, 0.2) is 0 Å². The molecule has 0 aliphatic carbocycles. The molecule has 0 spiro atoms. The first kappa shape index (κ1) is 11.2. The van der Waals surface area contributed by atoms with Gasteiger partial charge in [0.05, 0.1) is 6.61 Å². The molecule has 3 heteroatoms. The minimum Gasteiger partial charge on any atom is -0.327 e. The normalized spacial score (nSPS) is 6.89. The Labute approximate surface area is 55.4 Å². The van der Waals surface area contributed by atoms with Crippen LogP contribution in [0, 0.1) is 0 Å². The van der Waals surface area contributed by atoms with Gasteiger partial charge in [0.25, 0.3) is 0 Å². The van der Waals surface area contributed by atoms with Gasteiger partial charge in [0.2, 0.25) is 0 Å². The molecule has 0 aliphatic rings. The maximum absolute atomic E-state index is 7.50. The van der Waals surface area contributed by atoms with E-state index in [1.165, 1.54) is 6.08 Å². The quantitative estimate of drug-likeness (QED) is 0.338. The molecule has 3 nitrogen and oxygen atoms in total. The van der Waals surface area contributed by atoms with E-state index in [4.69, 9.17) is 11.0 Å². The van der Waals surface area contributed by atoms with Crippen LogP contribution in [-0.2, 0) is 4.89 Å². The molecule has 0 atom stereocenters. The number of hydrogen-bond donors (Lipinski definition) is 2. The molecule has 0 unspecified atom stereocenters. The molecule has 0 saturated carbocycles. The van der Waals surface area contributed by atoms with Crippen LogP contribution in [0.15, 0.2) is 25.3 Å². The fourth-order valence-electron chi connectivity index (χ4n) is 0.0527. The SMILES string of the molecule is C=CCN.C=CCOO. The van der Waals surface area contributed by atoms with Gasteiger partial charge < -0.3 is 5.73 Å². The first-order valence-electron chi connectivity index (χ1n) is 2.51.